The predicted octanol–water partition coefficient (Wildman–Crippen LogP) is 2.56. The molecule has 2 amide bonds. The summed E-state index contributed by atoms with van der Waals surface area (Å²) in [5.41, 5.74) is 4.50. The first kappa shape index (κ1) is 21.2. The predicted molar refractivity (Wildman–Crippen MR) is 108 cm³/mol. The average Bonchev–Trinajstić information content (AvgIpc) is 2.71. The van der Waals surface area contributed by atoms with Crippen molar-refractivity contribution in [3.8, 4) is 11.5 Å². The molecule has 2 aromatic rings. The van der Waals surface area contributed by atoms with Crippen molar-refractivity contribution in [3.63, 3.8) is 0 Å². The van der Waals surface area contributed by atoms with Crippen molar-refractivity contribution < 1.29 is 19.1 Å². The van der Waals surface area contributed by atoms with Crippen LogP contribution in [0.4, 0.5) is 0 Å². The summed E-state index contributed by atoms with van der Waals surface area (Å²) in [6.45, 7) is 1.56. The number of hydrogen-bond donors (Lipinski definition) is 2. The highest BCUT2D eigenvalue weighted by Crippen LogP contribution is 2.25. The van der Waals surface area contributed by atoms with E-state index < -0.39 is 5.91 Å². The van der Waals surface area contributed by atoms with Crippen LogP contribution in [0.1, 0.15) is 18.1 Å². The van der Waals surface area contributed by atoms with Gasteiger partial charge in [0.2, 0.25) is 5.91 Å². The van der Waals surface area contributed by atoms with Gasteiger partial charge in [0.1, 0.15) is 11.5 Å². The molecule has 0 aliphatic carbocycles. The van der Waals surface area contributed by atoms with Gasteiger partial charge in [-0.3, -0.25) is 9.59 Å². The van der Waals surface area contributed by atoms with Crippen LogP contribution in [0.2, 0.25) is 5.02 Å². The first-order chi connectivity index (χ1) is 13.4. The molecule has 0 fully saturated rings. The molecule has 0 saturated carbocycles. The molecular weight excluding hydrogens is 382 g/mol. The molecule has 2 aromatic carbocycles. The normalized spacial score (nSPS) is 10.9. The third-order valence-corrected chi connectivity index (χ3v) is 4.12. The summed E-state index contributed by atoms with van der Waals surface area (Å²) in [7, 11) is 3.11. The van der Waals surface area contributed by atoms with Gasteiger partial charge in [0, 0.05) is 16.7 Å². The van der Waals surface area contributed by atoms with Gasteiger partial charge >= 0.3 is 0 Å². The molecule has 0 aliphatic heterocycles. The number of nitrogens with zero attached hydrogens (tertiary/aromatic N) is 1. The lowest BCUT2D eigenvalue weighted by Gasteiger charge is -2.10. The Balaban J connectivity index is 1.87. The summed E-state index contributed by atoms with van der Waals surface area (Å²) in [6.07, 6.45) is 0.162. The number of benzene rings is 2. The summed E-state index contributed by atoms with van der Waals surface area (Å²) >= 11 is 5.81. The van der Waals surface area contributed by atoms with Gasteiger partial charge in [-0.15, -0.1) is 0 Å². The third-order valence-electron chi connectivity index (χ3n) is 3.87. The Kier molecular flexibility index (Phi) is 7.83. The molecule has 7 nitrogen and oxygen atoms in total. The Bertz CT molecular complexity index is 866. The second-order valence-electron chi connectivity index (χ2n) is 5.88. The van der Waals surface area contributed by atoms with E-state index in [1.807, 2.05) is 0 Å². The third kappa shape index (κ3) is 6.28. The highest BCUT2D eigenvalue weighted by atomic mass is 35.5. The molecular formula is C20H22ClN3O4. The van der Waals surface area contributed by atoms with Crippen LogP contribution < -0.4 is 20.2 Å². The standard InChI is InChI=1S/C20H22ClN3O4/c1-13(17-9-8-16(27-2)11-18(17)28-3)23-24-20(26)12-22-19(25)10-14-4-6-15(21)7-5-14/h4-9,11H,10,12H2,1-3H3,(H,22,25)(H,24,26)/b23-13-. The van der Waals surface area contributed by atoms with Crippen molar-refractivity contribution in [2.24, 2.45) is 5.10 Å². The molecule has 0 unspecified atom stereocenters. The summed E-state index contributed by atoms with van der Waals surface area (Å²) < 4.78 is 10.5. The lowest BCUT2D eigenvalue weighted by molar-refractivity contribution is -0.125. The fourth-order valence-electron chi connectivity index (χ4n) is 2.37. The Morgan fingerprint density at radius 1 is 1.04 bits per heavy atom. The largest absolute Gasteiger partial charge is 0.497 e. The van der Waals surface area contributed by atoms with E-state index in [1.54, 1.807) is 63.6 Å². The van der Waals surface area contributed by atoms with Crippen LogP contribution in [0.3, 0.4) is 0 Å². The smallest absolute Gasteiger partial charge is 0.259 e. The monoisotopic (exact) mass is 403 g/mol. The zero-order chi connectivity index (χ0) is 20.5. The lowest BCUT2D eigenvalue weighted by Crippen LogP contribution is -2.36. The topological polar surface area (TPSA) is 89.0 Å². The fraction of sp³-hybridized carbons (Fsp3) is 0.250. The summed E-state index contributed by atoms with van der Waals surface area (Å²) in [5, 5.41) is 7.21. The first-order valence-corrected chi connectivity index (χ1v) is 8.87. The van der Waals surface area contributed by atoms with Crippen molar-refractivity contribution in [3.05, 3.63) is 58.6 Å². The minimum Gasteiger partial charge on any atom is -0.497 e. The second-order valence-corrected chi connectivity index (χ2v) is 6.31. The van der Waals surface area contributed by atoms with Gasteiger partial charge in [-0.25, -0.2) is 5.43 Å². The van der Waals surface area contributed by atoms with Crippen molar-refractivity contribution >= 4 is 29.1 Å². The number of carbonyl (C=O) groups excluding carboxylic acids is 2. The van der Waals surface area contributed by atoms with Gasteiger partial charge in [0.15, 0.2) is 0 Å². The van der Waals surface area contributed by atoms with Gasteiger partial charge in [-0.2, -0.15) is 5.10 Å². The summed E-state index contributed by atoms with van der Waals surface area (Å²) in [5.74, 6) is 0.526. The Morgan fingerprint density at radius 2 is 1.75 bits per heavy atom. The first-order valence-electron chi connectivity index (χ1n) is 8.49. The summed E-state index contributed by atoms with van der Waals surface area (Å²) in [6, 6.07) is 12.2. The molecule has 0 bridgehead atoms. The lowest BCUT2D eigenvalue weighted by atomic mass is 10.1. The maximum Gasteiger partial charge on any atom is 0.259 e. The van der Waals surface area contributed by atoms with E-state index in [-0.39, 0.29) is 18.9 Å². The summed E-state index contributed by atoms with van der Waals surface area (Å²) in [4.78, 5) is 23.9. The SMILES string of the molecule is COc1ccc(/C(C)=N\NC(=O)CNC(=O)Cc2ccc(Cl)cc2)c(OC)c1. The van der Waals surface area contributed by atoms with E-state index in [2.05, 4.69) is 15.8 Å². The average molecular weight is 404 g/mol. The number of hydrogen-bond acceptors (Lipinski definition) is 5. The van der Waals surface area contributed by atoms with Crippen molar-refractivity contribution in [2.75, 3.05) is 20.8 Å². The number of halogens is 1. The van der Waals surface area contributed by atoms with Crippen molar-refractivity contribution in [1.29, 1.82) is 0 Å². The van der Waals surface area contributed by atoms with E-state index >= 15 is 0 Å². The number of nitrogens with one attached hydrogen (secondary N) is 2. The van der Waals surface area contributed by atoms with E-state index in [0.29, 0.717) is 22.2 Å². The zero-order valence-corrected chi connectivity index (χ0v) is 16.7. The molecule has 0 saturated heterocycles. The molecule has 8 heteroatoms. The molecule has 28 heavy (non-hydrogen) atoms. The van der Waals surface area contributed by atoms with E-state index in [1.165, 1.54) is 0 Å². The number of carbonyl (C=O) groups is 2. The highest BCUT2D eigenvalue weighted by Gasteiger charge is 2.10. The van der Waals surface area contributed by atoms with Crippen molar-refractivity contribution in [1.82, 2.24) is 10.7 Å². The number of hydrazone groups is 1. The van der Waals surface area contributed by atoms with Gasteiger partial charge in [-0.1, -0.05) is 23.7 Å². The van der Waals surface area contributed by atoms with Crippen molar-refractivity contribution in [2.45, 2.75) is 13.3 Å². The minimum absolute atomic E-state index is 0.162. The van der Waals surface area contributed by atoms with E-state index in [0.717, 1.165) is 11.1 Å². The maximum atomic E-state index is 11.9. The maximum absolute atomic E-state index is 11.9. The fourth-order valence-corrected chi connectivity index (χ4v) is 2.50. The van der Waals surface area contributed by atoms with Crippen LogP contribution in [-0.2, 0) is 16.0 Å². The highest BCUT2D eigenvalue weighted by molar-refractivity contribution is 6.30. The number of amides is 2. The molecule has 0 radical (unpaired) electrons. The van der Waals surface area contributed by atoms with Crippen LogP contribution in [0.5, 0.6) is 11.5 Å². The Labute approximate surface area is 168 Å². The van der Waals surface area contributed by atoms with E-state index in [9.17, 15) is 9.59 Å². The number of ether oxygens (including phenoxy) is 2. The van der Waals surface area contributed by atoms with Gasteiger partial charge < -0.3 is 14.8 Å². The van der Waals surface area contributed by atoms with Crippen LogP contribution in [0, 0.1) is 0 Å². The van der Waals surface area contributed by atoms with Crippen LogP contribution >= 0.6 is 11.6 Å². The molecule has 0 spiro atoms. The Morgan fingerprint density at radius 3 is 2.39 bits per heavy atom. The second kappa shape index (κ2) is 10.3. The Hall–Kier alpha value is -3.06. The number of rotatable bonds is 8. The van der Waals surface area contributed by atoms with Gasteiger partial charge in [0.25, 0.3) is 5.91 Å². The molecule has 2 N–H and O–H groups in total. The van der Waals surface area contributed by atoms with Crippen LogP contribution in [0.15, 0.2) is 47.6 Å². The van der Waals surface area contributed by atoms with Gasteiger partial charge in [-0.05, 0) is 36.8 Å². The molecule has 2 rings (SSSR count). The quantitative estimate of drug-likeness (QED) is 0.523. The van der Waals surface area contributed by atoms with Crippen LogP contribution in [-0.4, -0.2) is 38.3 Å². The van der Waals surface area contributed by atoms with E-state index in [4.69, 9.17) is 21.1 Å². The molecule has 0 atom stereocenters. The number of methoxy groups -OCH3 is 2. The minimum atomic E-state index is -0.434. The van der Waals surface area contributed by atoms with Crippen LogP contribution in [0.25, 0.3) is 0 Å². The molecule has 0 aliphatic rings. The molecule has 148 valence electrons. The molecule has 0 heterocycles. The van der Waals surface area contributed by atoms with Gasteiger partial charge in [0.05, 0.1) is 32.9 Å². The molecule has 0 aromatic heterocycles. The zero-order valence-electron chi connectivity index (χ0n) is 15.9.